The minimum atomic E-state index is -0.570. The lowest BCUT2D eigenvalue weighted by molar-refractivity contribution is 0.0101. The Balaban J connectivity index is 0.00000240. The Hall–Kier alpha value is -2.16. The van der Waals surface area contributed by atoms with Crippen LogP contribution in [0.3, 0.4) is 0 Å². The molecule has 1 aromatic heterocycles. The van der Waals surface area contributed by atoms with Crippen molar-refractivity contribution in [2.24, 2.45) is 16.6 Å². The molecule has 1 amide bonds. The smallest absolute Gasteiger partial charge is 0.274 e. The first-order valence-corrected chi connectivity index (χ1v) is 10.1. The van der Waals surface area contributed by atoms with Crippen molar-refractivity contribution in [3.05, 3.63) is 58.6 Å². The van der Waals surface area contributed by atoms with Crippen LogP contribution in [-0.4, -0.2) is 35.0 Å². The van der Waals surface area contributed by atoms with Gasteiger partial charge in [-0.1, -0.05) is 36.9 Å². The van der Waals surface area contributed by atoms with Gasteiger partial charge >= 0.3 is 0 Å². The maximum Gasteiger partial charge on any atom is 0.274 e. The van der Waals surface area contributed by atoms with Gasteiger partial charge in [0.2, 0.25) is 0 Å². The quantitative estimate of drug-likeness (QED) is 0.757. The number of amides is 1. The van der Waals surface area contributed by atoms with Gasteiger partial charge in [-0.3, -0.25) is 9.79 Å². The van der Waals surface area contributed by atoms with Crippen LogP contribution < -0.4 is 11.1 Å². The fourth-order valence-corrected chi connectivity index (χ4v) is 4.66. The third-order valence-corrected chi connectivity index (χ3v) is 6.22. The molecular weight excluding hydrogens is 415 g/mol. The van der Waals surface area contributed by atoms with Crippen molar-refractivity contribution in [2.45, 2.75) is 19.4 Å². The fourth-order valence-electron chi connectivity index (χ4n) is 3.57. The number of nitrogens with one attached hydrogen (secondary N) is 1. The minimum Gasteiger partial charge on any atom is -0.381 e. The summed E-state index contributed by atoms with van der Waals surface area (Å²) in [4.78, 5) is 21.1. The van der Waals surface area contributed by atoms with Crippen molar-refractivity contribution < 1.29 is 13.9 Å². The van der Waals surface area contributed by atoms with Gasteiger partial charge < -0.3 is 15.8 Å². The molecule has 3 heterocycles. The topological polar surface area (TPSA) is 89.6 Å². The number of carbonyl (C=O) groups is 1. The molecular formula is C20H22ClFN4O2S. The van der Waals surface area contributed by atoms with Gasteiger partial charge in [-0.25, -0.2) is 9.37 Å². The summed E-state index contributed by atoms with van der Waals surface area (Å²) in [7, 11) is 0. The molecule has 2 aromatic rings. The predicted molar refractivity (Wildman–Crippen MR) is 115 cm³/mol. The van der Waals surface area contributed by atoms with Gasteiger partial charge in [-0.05, 0) is 29.8 Å². The zero-order chi connectivity index (χ0) is 19.7. The van der Waals surface area contributed by atoms with Gasteiger partial charge in [-0.15, -0.1) is 0 Å². The number of anilines is 1. The van der Waals surface area contributed by atoms with Gasteiger partial charge in [0.05, 0.1) is 22.9 Å². The highest BCUT2D eigenvalue weighted by atomic mass is 35.5. The molecule has 0 unspecified atom stereocenters. The summed E-state index contributed by atoms with van der Waals surface area (Å²) in [6, 6.07) is 7.72. The molecule has 0 bridgehead atoms. The molecule has 0 saturated carbocycles. The Morgan fingerprint density at radius 2 is 2.21 bits per heavy atom. The minimum absolute atomic E-state index is 0. The molecule has 154 valence electrons. The molecule has 4 rings (SSSR count). The Morgan fingerprint density at radius 3 is 2.97 bits per heavy atom. The van der Waals surface area contributed by atoms with E-state index >= 15 is 0 Å². The molecule has 0 aliphatic carbocycles. The summed E-state index contributed by atoms with van der Waals surface area (Å²) in [5.41, 5.74) is 6.47. The van der Waals surface area contributed by atoms with Crippen LogP contribution in [0.5, 0.6) is 0 Å². The molecule has 2 aliphatic rings. The molecule has 9 heteroatoms. The molecule has 0 spiro atoms. The maximum absolute atomic E-state index is 14.4. The lowest BCUT2D eigenvalue weighted by Crippen LogP contribution is -2.46. The maximum atomic E-state index is 14.4. The number of nitrogens with two attached hydrogens (primary N) is 1. The number of rotatable bonds is 3. The van der Waals surface area contributed by atoms with Gasteiger partial charge in [0, 0.05) is 30.9 Å². The van der Waals surface area contributed by atoms with E-state index in [1.54, 1.807) is 18.2 Å². The van der Waals surface area contributed by atoms with E-state index in [-0.39, 0.29) is 24.7 Å². The van der Waals surface area contributed by atoms with Crippen LogP contribution in [0.25, 0.3) is 0 Å². The summed E-state index contributed by atoms with van der Waals surface area (Å²) < 4.78 is 20.1. The molecule has 1 fully saturated rings. The normalized spacial score (nSPS) is 23.4. The van der Waals surface area contributed by atoms with E-state index in [2.05, 4.69) is 10.3 Å². The third kappa shape index (κ3) is 4.24. The zero-order valence-electron chi connectivity index (χ0n) is 14.8. The highest BCUT2D eigenvalue weighted by Gasteiger charge is 2.45. The first kappa shape index (κ1) is 21.5. The van der Waals surface area contributed by atoms with Crippen LogP contribution in [-0.2, 0) is 10.3 Å². The van der Waals surface area contributed by atoms with Crippen LogP contribution in [0.15, 0.2) is 41.5 Å². The van der Waals surface area contributed by atoms with E-state index in [1.165, 1.54) is 30.1 Å². The van der Waals surface area contributed by atoms with E-state index in [1.807, 2.05) is 0 Å². The highest BCUT2D eigenvalue weighted by molar-refractivity contribution is 8.13. The Kier molecular flexibility index (Phi) is 6.45. The zero-order valence-corrected chi connectivity index (χ0v) is 16.4. The first-order valence-electron chi connectivity index (χ1n) is 8.77. The van der Waals surface area contributed by atoms with Crippen molar-refractivity contribution in [3.63, 3.8) is 0 Å². The number of amidine groups is 1. The van der Waals surface area contributed by atoms with E-state index in [9.17, 15) is 9.18 Å². The number of hydrogen-bond acceptors (Lipinski definition) is 6. The molecule has 3 N–H and O–H groups in total. The van der Waals surface area contributed by atoms with Crippen LogP contribution >= 0.6 is 23.4 Å². The second-order valence-corrected chi connectivity index (χ2v) is 8.19. The van der Waals surface area contributed by atoms with E-state index < -0.39 is 17.3 Å². The average molecular weight is 437 g/mol. The number of aromatic nitrogens is 1. The summed E-state index contributed by atoms with van der Waals surface area (Å²) in [6.07, 6.45) is 2.02. The second kappa shape index (κ2) is 8.69. The average Bonchev–Trinajstić information content (AvgIpc) is 2.69. The summed E-state index contributed by atoms with van der Waals surface area (Å²) in [5.74, 6) is -0.141. The SMILES string of the molecule is C.NC1=N[C@@]2(c3ccc(F)c(NC(=O)c4ccc(Cl)cn4)c3)CCOC[C@H]2CS1. The number of thioether (sulfide) groups is 1. The molecule has 0 radical (unpaired) electrons. The van der Waals surface area contributed by atoms with Crippen molar-refractivity contribution in [1.82, 2.24) is 4.98 Å². The number of fused-ring (bicyclic) bond motifs is 1. The van der Waals surface area contributed by atoms with Crippen molar-refractivity contribution in [1.29, 1.82) is 0 Å². The molecule has 2 aliphatic heterocycles. The molecule has 2 atom stereocenters. The number of pyridine rings is 1. The van der Waals surface area contributed by atoms with Gasteiger partial charge in [0.1, 0.15) is 11.5 Å². The van der Waals surface area contributed by atoms with Crippen molar-refractivity contribution in [3.8, 4) is 0 Å². The van der Waals surface area contributed by atoms with Gasteiger partial charge in [0.15, 0.2) is 5.17 Å². The van der Waals surface area contributed by atoms with Crippen molar-refractivity contribution in [2.75, 3.05) is 24.3 Å². The fraction of sp³-hybridized carbons (Fsp3) is 0.350. The molecule has 1 saturated heterocycles. The monoisotopic (exact) mass is 436 g/mol. The summed E-state index contributed by atoms with van der Waals surface area (Å²) >= 11 is 7.29. The largest absolute Gasteiger partial charge is 0.381 e. The van der Waals surface area contributed by atoms with E-state index in [0.29, 0.717) is 29.8 Å². The van der Waals surface area contributed by atoms with Crippen LogP contribution in [0.4, 0.5) is 10.1 Å². The molecule has 29 heavy (non-hydrogen) atoms. The number of aliphatic imine (C=N–C) groups is 1. The van der Waals surface area contributed by atoms with Gasteiger partial charge in [0.25, 0.3) is 5.91 Å². The second-order valence-electron chi connectivity index (χ2n) is 6.72. The lowest BCUT2D eigenvalue weighted by Gasteiger charge is -2.44. The van der Waals surface area contributed by atoms with Crippen LogP contribution in [0.2, 0.25) is 5.02 Å². The van der Waals surface area contributed by atoms with Crippen LogP contribution in [0, 0.1) is 11.7 Å². The first-order chi connectivity index (χ1) is 13.5. The summed E-state index contributed by atoms with van der Waals surface area (Å²) in [6.45, 7) is 1.11. The lowest BCUT2D eigenvalue weighted by atomic mass is 9.75. The third-order valence-electron chi connectivity index (χ3n) is 5.04. The Morgan fingerprint density at radius 1 is 1.38 bits per heavy atom. The number of halogens is 2. The Labute approximate surface area is 178 Å². The van der Waals surface area contributed by atoms with E-state index in [0.717, 1.165) is 11.3 Å². The predicted octanol–water partition coefficient (Wildman–Crippen LogP) is 4.06. The standard InChI is InChI=1S/C19H18ClFN4O2S.CH4/c20-13-2-4-15(23-8-13)17(26)24-16-7-11(1-3-14(16)21)19-5-6-27-9-12(19)10-28-18(22)25-19;/h1-4,7-8,12H,5-6,9-10H2,(H2,22,25)(H,24,26);1H4/t12-,19+;/m0./s1. The summed E-state index contributed by atoms with van der Waals surface area (Å²) in [5, 5.41) is 3.52. The molecule has 6 nitrogen and oxygen atoms in total. The number of benzene rings is 1. The number of carbonyl (C=O) groups excluding carboxylic acids is 1. The van der Waals surface area contributed by atoms with Crippen molar-refractivity contribution >= 4 is 40.1 Å². The Bertz CT molecular complexity index is 941. The highest BCUT2D eigenvalue weighted by Crippen LogP contribution is 2.45. The van der Waals surface area contributed by atoms with Crippen LogP contribution in [0.1, 0.15) is 29.9 Å². The number of hydrogen-bond donors (Lipinski definition) is 2. The van der Waals surface area contributed by atoms with Gasteiger partial charge in [-0.2, -0.15) is 0 Å². The molecule has 1 aromatic carbocycles. The number of nitrogens with zero attached hydrogens (tertiary/aromatic N) is 2. The number of ether oxygens (including phenoxy) is 1. The van der Waals surface area contributed by atoms with E-state index in [4.69, 9.17) is 27.1 Å².